The number of nitrogens with one attached hydrogen (secondary N) is 1. The van der Waals surface area contributed by atoms with Crippen molar-refractivity contribution in [3.63, 3.8) is 0 Å². The van der Waals surface area contributed by atoms with Crippen molar-refractivity contribution in [2.45, 2.75) is 19.5 Å². The standard InChI is InChI=1S/C22H20ClN3/c1-16(17-10-12-19(23)13-11-17)24-15-20-22(18-7-3-2-4-8-18)25-21-9-5-6-14-26(20)21/h2-14,16,24H,15H2,1H3/t16-/m0/s1. The minimum Gasteiger partial charge on any atom is -0.305 e. The fourth-order valence-electron chi connectivity index (χ4n) is 3.16. The molecular formula is C22H20ClN3. The van der Waals surface area contributed by atoms with Crippen molar-refractivity contribution in [1.82, 2.24) is 14.7 Å². The van der Waals surface area contributed by atoms with E-state index in [1.54, 1.807) is 0 Å². The molecule has 2 aromatic carbocycles. The molecule has 2 aromatic heterocycles. The average Bonchev–Trinajstić information content (AvgIpc) is 3.06. The molecule has 0 aliphatic carbocycles. The zero-order valence-corrected chi connectivity index (χ0v) is 15.3. The van der Waals surface area contributed by atoms with Gasteiger partial charge in [-0.05, 0) is 36.8 Å². The molecule has 26 heavy (non-hydrogen) atoms. The molecule has 4 rings (SSSR count). The van der Waals surface area contributed by atoms with E-state index in [-0.39, 0.29) is 6.04 Å². The van der Waals surface area contributed by atoms with Crippen molar-refractivity contribution in [1.29, 1.82) is 0 Å². The minimum absolute atomic E-state index is 0.213. The number of imidazole rings is 1. The van der Waals surface area contributed by atoms with Crippen LogP contribution in [0.25, 0.3) is 16.9 Å². The number of pyridine rings is 1. The minimum atomic E-state index is 0.213. The van der Waals surface area contributed by atoms with Crippen LogP contribution in [0.3, 0.4) is 0 Å². The Morgan fingerprint density at radius 2 is 1.69 bits per heavy atom. The molecule has 4 aromatic rings. The Balaban J connectivity index is 1.66. The van der Waals surface area contributed by atoms with Crippen LogP contribution in [0, 0.1) is 0 Å². The molecule has 0 aliphatic heterocycles. The Morgan fingerprint density at radius 3 is 2.46 bits per heavy atom. The summed E-state index contributed by atoms with van der Waals surface area (Å²) in [7, 11) is 0. The van der Waals surface area contributed by atoms with Crippen LogP contribution in [-0.2, 0) is 6.54 Å². The first-order valence-corrected chi connectivity index (χ1v) is 9.10. The highest BCUT2D eigenvalue weighted by Gasteiger charge is 2.14. The highest BCUT2D eigenvalue weighted by molar-refractivity contribution is 6.30. The van der Waals surface area contributed by atoms with Gasteiger partial charge in [-0.25, -0.2) is 4.98 Å². The van der Waals surface area contributed by atoms with Gasteiger partial charge in [0.2, 0.25) is 0 Å². The molecule has 0 aliphatic rings. The van der Waals surface area contributed by atoms with Crippen molar-refractivity contribution >= 4 is 17.2 Å². The summed E-state index contributed by atoms with van der Waals surface area (Å²) in [6.45, 7) is 2.88. The molecule has 0 radical (unpaired) electrons. The monoisotopic (exact) mass is 361 g/mol. The van der Waals surface area contributed by atoms with E-state index in [2.05, 4.69) is 47.1 Å². The molecule has 0 saturated carbocycles. The molecule has 0 spiro atoms. The van der Waals surface area contributed by atoms with E-state index in [1.165, 1.54) is 5.56 Å². The SMILES string of the molecule is C[C@H](NCc1c(-c2ccccc2)nc2ccccn12)c1ccc(Cl)cc1. The van der Waals surface area contributed by atoms with E-state index in [1.807, 2.05) is 48.5 Å². The number of halogens is 1. The molecule has 3 nitrogen and oxygen atoms in total. The van der Waals surface area contributed by atoms with E-state index in [9.17, 15) is 0 Å². The number of rotatable bonds is 5. The predicted molar refractivity (Wildman–Crippen MR) is 107 cm³/mol. The second kappa shape index (κ2) is 7.32. The third kappa shape index (κ3) is 3.36. The van der Waals surface area contributed by atoms with E-state index >= 15 is 0 Å². The summed E-state index contributed by atoms with van der Waals surface area (Å²) in [5, 5.41) is 4.38. The van der Waals surface area contributed by atoms with Gasteiger partial charge >= 0.3 is 0 Å². The van der Waals surface area contributed by atoms with Crippen LogP contribution >= 0.6 is 11.6 Å². The van der Waals surface area contributed by atoms with Crippen molar-refractivity contribution in [2.75, 3.05) is 0 Å². The Morgan fingerprint density at radius 1 is 0.962 bits per heavy atom. The zero-order chi connectivity index (χ0) is 17.9. The Kier molecular flexibility index (Phi) is 4.74. The van der Waals surface area contributed by atoms with Crippen LogP contribution in [0.4, 0.5) is 0 Å². The van der Waals surface area contributed by atoms with Gasteiger partial charge in [-0.2, -0.15) is 0 Å². The molecule has 130 valence electrons. The van der Waals surface area contributed by atoms with Gasteiger partial charge < -0.3 is 9.72 Å². The Hall–Kier alpha value is -2.62. The fourth-order valence-corrected chi connectivity index (χ4v) is 3.29. The molecule has 0 amide bonds. The summed E-state index contributed by atoms with van der Waals surface area (Å²) < 4.78 is 2.16. The highest BCUT2D eigenvalue weighted by Crippen LogP contribution is 2.25. The fraction of sp³-hybridized carbons (Fsp3) is 0.136. The third-order valence-corrected chi connectivity index (χ3v) is 4.87. The number of hydrogen-bond acceptors (Lipinski definition) is 2. The lowest BCUT2D eigenvalue weighted by Gasteiger charge is -2.15. The third-order valence-electron chi connectivity index (χ3n) is 4.62. The molecule has 0 fully saturated rings. The van der Waals surface area contributed by atoms with Crippen LogP contribution in [0.5, 0.6) is 0 Å². The molecule has 0 unspecified atom stereocenters. The second-order valence-electron chi connectivity index (χ2n) is 6.36. The number of fused-ring (bicyclic) bond motifs is 1. The first kappa shape index (κ1) is 16.8. The van der Waals surface area contributed by atoms with E-state index < -0.39 is 0 Å². The second-order valence-corrected chi connectivity index (χ2v) is 6.79. The molecule has 0 saturated heterocycles. The Labute approximate surface area is 158 Å². The molecule has 1 N–H and O–H groups in total. The normalized spacial score (nSPS) is 12.4. The van der Waals surface area contributed by atoms with Crippen molar-refractivity contribution in [2.24, 2.45) is 0 Å². The van der Waals surface area contributed by atoms with Crippen molar-refractivity contribution < 1.29 is 0 Å². The van der Waals surface area contributed by atoms with E-state index in [0.717, 1.165) is 34.2 Å². The summed E-state index contributed by atoms with van der Waals surface area (Å²) in [6.07, 6.45) is 2.07. The van der Waals surface area contributed by atoms with Gasteiger partial charge in [0.15, 0.2) is 0 Å². The smallest absolute Gasteiger partial charge is 0.137 e. The maximum atomic E-state index is 6.00. The van der Waals surface area contributed by atoms with E-state index in [0.29, 0.717) is 0 Å². The first-order valence-electron chi connectivity index (χ1n) is 8.72. The van der Waals surface area contributed by atoms with Crippen LogP contribution in [0.1, 0.15) is 24.2 Å². The van der Waals surface area contributed by atoms with Crippen LogP contribution in [0.2, 0.25) is 5.02 Å². The maximum Gasteiger partial charge on any atom is 0.137 e. The lowest BCUT2D eigenvalue weighted by molar-refractivity contribution is 0.566. The van der Waals surface area contributed by atoms with Crippen LogP contribution in [0.15, 0.2) is 79.0 Å². The van der Waals surface area contributed by atoms with Crippen LogP contribution in [-0.4, -0.2) is 9.38 Å². The van der Waals surface area contributed by atoms with Gasteiger partial charge in [0, 0.05) is 29.4 Å². The lowest BCUT2D eigenvalue weighted by atomic mass is 10.1. The predicted octanol–water partition coefficient (Wildman–Crippen LogP) is 5.51. The zero-order valence-electron chi connectivity index (χ0n) is 14.6. The maximum absolute atomic E-state index is 6.00. The molecule has 0 bridgehead atoms. The summed E-state index contributed by atoms with van der Waals surface area (Å²) in [6, 6.07) is 24.6. The summed E-state index contributed by atoms with van der Waals surface area (Å²) >= 11 is 6.00. The van der Waals surface area contributed by atoms with Gasteiger partial charge in [0.1, 0.15) is 5.65 Å². The molecular weight excluding hydrogens is 342 g/mol. The molecule has 1 atom stereocenters. The largest absolute Gasteiger partial charge is 0.305 e. The van der Waals surface area contributed by atoms with E-state index in [4.69, 9.17) is 16.6 Å². The van der Waals surface area contributed by atoms with Crippen molar-refractivity contribution in [3.05, 3.63) is 95.3 Å². The van der Waals surface area contributed by atoms with Crippen molar-refractivity contribution in [3.8, 4) is 11.3 Å². The molecule has 2 heterocycles. The van der Waals surface area contributed by atoms with Gasteiger partial charge in [-0.1, -0.05) is 60.1 Å². The average molecular weight is 362 g/mol. The van der Waals surface area contributed by atoms with Gasteiger partial charge in [-0.15, -0.1) is 0 Å². The quantitative estimate of drug-likeness (QED) is 0.508. The Bertz CT molecular complexity index is 1010. The van der Waals surface area contributed by atoms with Gasteiger partial charge in [-0.3, -0.25) is 0 Å². The molecule has 4 heteroatoms. The van der Waals surface area contributed by atoms with Gasteiger partial charge in [0.25, 0.3) is 0 Å². The van der Waals surface area contributed by atoms with Gasteiger partial charge in [0.05, 0.1) is 11.4 Å². The number of aromatic nitrogens is 2. The summed E-state index contributed by atoms with van der Waals surface area (Å²) in [5.41, 5.74) is 5.49. The summed E-state index contributed by atoms with van der Waals surface area (Å²) in [4.78, 5) is 4.85. The lowest BCUT2D eigenvalue weighted by Crippen LogP contribution is -2.19. The van der Waals surface area contributed by atoms with Crippen LogP contribution < -0.4 is 5.32 Å². The number of nitrogens with zero attached hydrogens (tertiary/aromatic N) is 2. The number of hydrogen-bond donors (Lipinski definition) is 1. The number of benzene rings is 2. The first-order chi connectivity index (χ1) is 12.7. The summed E-state index contributed by atoms with van der Waals surface area (Å²) in [5.74, 6) is 0. The highest BCUT2D eigenvalue weighted by atomic mass is 35.5. The topological polar surface area (TPSA) is 29.3 Å².